The number of hydrogen-bond acceptors (Lipinski definition) is 3. The largest absolute Gasteiger partial charge is 0.352 e. The molecule has 0 bridgehead atoms. The molecular formula is C12H20N4O. The molecule has 2 N–H and O–H groups in total. The van der Waals surface area contributed by atoms with Gasteiger partial charge in [0, 0.05) is 25.8 Å². The molecule has 0 aliphatic carbocycles. The van der Waals surface area contributed by atoms with E-state index in [0.29, 0.717) is 11.6 Å². The quantitative estimate of drug-likeness (QED) is 0.805. The average Bonchev–Trinajstić information content (AvgIpc) is 2.88. The van der Waals surface area contributed by atoms with E-state index in [9.17, 15) is 4.79 Å². The van der Waals surface area contributed by atoms with Crippen molar-refractivity contribution in [1.29, 1.82) is 0 Å². The molecule has 2 rings (SSSR count). The van der Waals surface area contributed by atoms with Crippen LogP contribution in [0, 0.1) is 6.92 Å². The topological polar surface area (TPSA) is 59.0 Å². The maximum atomic E-state index is 11.9. The molecule has 5 nitrogen and oxygen atoms in total. The SMILES string of the molecule is Cc1nn(C)cc1C(=O)NCCC1CCCN1. The first-order valence-electron chi connectivity index (χ1n) is 6.18. The first-order chi connectivity index (χ1) is 8.16. The molecule has 17 heavy (non-hydrogen) atoms. The Labute approximate surface area is 102 Å². The van der Waals surface area contributed by atoms with Crippen LogP contribution in [-0.2, 0) is 7.05 Å². The molecule has 1 atom stereocenters. The average molecular weight is 236 g/mol. The lowest BCUT2D eigenvalue weighted by atomic mass is 10.1. The van der Waals surface area contributed by atoms with E-state index in [4.69, 9.17) is 0 Å². The summed E-state index contributed by atoms with van der Waals surface area (Å²) < 4.78 is 1.67. The fraction of sp³-hybridized carbons (Fsp3) is 0.667. The van der Waals surface area contributed by atoms with Crippen LogP contribution in [0.1, 0.15) is 35.3 Å². The van der Waals surface area contributed by atoms with E-state index in [0.717, 1.165) is 25.2 Å². The molecule has 1 aliphatic rings. The molecule has 5 heteroatoms. The molecule has 1 aliphatic heterocycles. The van der Waals surface area contributed by atoms with Gasteiger partial charge in [-0.3, -0.25) is 9.48 Å². The second-order valence-electron chi connectivity index (χ2n) is 4.64. The molecule has 2 heterocycles. The van der Waals surface area contributed by atoms with Gasteiger partial charge >= 0.3 is 0 Å². The van der Waals surface area contributed by atoms with Gasteiger partial charge in [-0.05, 0) is 32.7 Å². The zero-order valence-corrected chi connectivity index (χ0v) is 10.5. The van der Waals surface area contributed by atoms with E-state index in [1.165, 1.54) is 12.8 Å². The second kappa shape index (κ2) is 5.31. The van der Waals surface area contributed by atoms with Crippen molar-refractivity contribution in [2.45, 2.75) is 32.2 Å². The number of carbonyl (C=O) groups is 1. The smallest absolute Gasteiger partial charge is 0.254 e. The van der Waals surface area contributed by atoms with Crippen molar-refractivity contribution in [2.75, 3.05) is 13.1 Å². The molecule has 0 aromatic carbocycles. The summed E-state index contributed by atoms with van der Waals surface area (Å²) in [6.45, 7) is 3.69. The van der Waals surface area contributed by atoms with Gasteiger partial charge in [-0.25, -0.2) is 0 Å². The van der Waals surface area contributed by atoms with Crippen molar-refractivity contribution in [1.82, 2.24) is 20.4 Å². The van der Waals surface area contributed by atoms with Crippen LogP contribution < -0.4 is 10.6 Å². The molecule has 0 spiro atoms. The van der Waals surface area contributed by atoms with E-state index in [2.05, 4.69) is 15.7 Å². The van der Waals surface area contributed by atoms with Crippen molar-refractivity contribution in [3.8, 4) is 0 Å². The zero-order valence-electron chi connectivity index (χ0n) is 10.5. The fourth-order valence-electron chi connectivity index (χ4n) is 2.28. The Morgan fingerprint density at radius 1 is 1.71 bits per heavy atom. The number of nitrogens with one attached hydrogen (secondary N) is 2. The molecule has 0 saturated carbocycles. The van der Waals surface area contributed by atoms with Gasteiger partial charge in [0.05, 0.1) is 11.3 Å². The highest BCUT2D eigenvalue weighted by molar-refractivity contribution is 5.94. The minimum absolute atomic E-state index is 0.0198. The zero-order chi connectivity index (χ0) is 12.3. The normalized spacial score (nSPS) is 19.5. The van der Waals surface area contributed by atoms with Crippen molar-refractivity contribution in [3.05, 3.63) is 17.5 Å². The van der Waals surface area contributed by atoms with Gasteiger partial charge < -0.3 is 10.6 Å². The second-order valence-corrected chi connectivity index (χ2v) is 4.64. The van der Waals surface area contributed by atoms with Crippen LogP contribution in [-0.4, -0.2) is 34.8 Å². The van der Waals surface area contributed by atoms with Crippen molar-refractivity contribution in [2.24, 2.45) is 7.05 Å². The molecule has 1 saturated heterocycles. The van der Waals surface area contributed by atoms with Crippen molar-refractivity contribution >= 4 is 5.91 Å². The molecule has 94 valence electrons. The third kappa shape index (κ3) is 3.06. The van der Waals surface area contributed by atoms with Crippen LogP contribution >= 0.6 is 0 Å². The highest BCUT2D eigenvalue weighted by Gasteiger charge is 2.15. The summed E-state index contributed by atoms with van der Waals surface area (Å²) in [5, 5.41) is 10.5. The van der Waals surface area contributed by atoms with Crippen LogP contribution in [0.25, 0.3) is 0 Å². The van der Waals surface area contributed by atoms with Crippen LogP contribution in [0.5, 0.6) is 0 Å². The Balaban J connectivity index is 1.78. The van der Waals surface area contributed by atoms with E-state index >= 15 is 0 Å². The Hall–Kier alpha value is -1.36. The Morgan fingerprint density at radius 2 is 2.53 bits per heavy atom. The lowest BCUT2D eigenvalue weighted by Crippen LogP contribution is -2.30. The van der Waals surface area contributed by atoms with E-state index in [1.807, 2.05) is 14.0 Å². The highest BCUT2D eigenvalue weighted by Crippen LogP contribution is 2.08. The summed E-state index contributed by atoms with van der Waals surface area (Å²) in [6, 6.07) is 0.574. The molecule has 1 aromatic rings. The number of aromatic nitrogens is 2. The Kier molecular flexibility index (Phi) is 3.78. The monoisotopic (exact) mass is 236 g/mol. The van der Waals surface area contributed by atoms with Gasteiger partial charge in [0.1, 0.15) is 0 Å². The standard InChI is InChI=1S/C12H20N4O/c1-9-11(8-16(2)15-9)12(17)14-7-5-10-4-3-6-13-10/h8,10,13H,3-7H2,1-2H3,(H,14,17). The maximum Gasteiger partial charge on any atom is 0.254 e. The number of aryl methyl sites for hydroxylation is 2. The summed E-state index contributed by atoms with van der Waals surface area (Å²) in [5.41, 5.74) is 1.45. The summed E-state index contributed by atoms with van der Waals surface area (Å²) in [5.74, 6) is -0.0198. The minimum atomic E-state index is -0.0198. The number of carbonyl (C=O) groups excluding carboxylic acids is 1. The van der Waals surface area contributed by atoms with Gasteiger partial charge in [-0.1, -0.05) is 0 Å². The van der Waals surface area contributed by atoms with E-state index in [-0.39, 0.29) is 5.91 Å². The molecule has 1 amide bonds. The van der Waals surface area contributed by atoms with Crippen LogP contribution in [0.2, 0.25) is 0 Å². The summed E-state index contributed by atoms with van der Waals surface area (Å²) >= 11 is 0. The first-order valence-corrected chi connectivity index (χ1v) is 6.18. The molecular weight excluding hydrogens is 216 g/mol. The van der Waals surface area contributed by atoms with Gasteiger partial charge in [0.2, 0.25) is 0 Å². The number of hydrogen-bond donors (Lipinski definition) is 2. The Morgan fingerprint density at radius 3 is 3.12 bits per heavy atom. The van der Waals surface area contributed by atoms with Crippen molar-refractivity contribution in [3.63, 3.8) is 0 Å². The highest BCUT2D eigenvalue weighted by atomic mass is 16.1. The Bertz CT molecular complexity index is 393. The molecule has 0 radical (unpaired) electrons. The summed E-state index contributed by atoms with van der Waals surface area (Å²) in [7, 11) is 1.83. The third-order valence-electron chi connectivity index (χ3n) is 3.20. The van der Waals surface area contributed by atoms with Crippen LogP contribution in [0.4, 0.5) is 0 Å². The third-order valence-corrected chi connectivity index (χ3v) is 3.20. The van der Waals surface area contributed by atoms with E-state index in [1.54, 1.807) is 10.9 Å². The van der Waals surface area contributed by atoms with E-state index < -0.39 is 0 Å². The number of rotatable bonds is 4. The van der Waals surface area contributed by atoms with Gasteiger partial charge in [-0.2, -0.15) is 5.10 Å². The van der Waals surface area contributed by atoms with Crippen LogP contribution in [0.15, 0.2) is 6.20 Å². The van der Waals surface area contributed by atoms with Crippen LogP contribution in [0.3, 0.4) is 0 Å². The number of nitrogens with zero attached hydrogens (tertiary/aromatic N) is 2. The summed E-state index contributed by atoms with van der Waals surface area (Å²) in [6.07, 6.45) is 5.24. The fourth-order valence-corrected chi connectivity index (χ4v) is 2.28. The minimum Gasteiger partial charge on any atom is -0.352 e. The number of amides is 1. The van der Waals surface area contributed by atoms with Crippen molar-refractivity contribution < 1.29 is 4.79 Å². The van der Waals surface area contributed by atoms with Gasteiger partial charge in [0.25, 0.3) is 5.91 Å². The van der Waals surface area contributed by atoms with Gasteiger partial charge in [-0.15, -0.1) is 0 Å². The lowest BCUT2D eigenvalue weighted by molar-refractivity contribution is 0.0951. The lowest BCUT2D eigenvalue weighted by Gasteiger charge is -2.10. The summed E-state index contributed by atoms with van der Waals surface area (Å²) in [4.78, 5) is 11.9. The predicted molar refractivity (Wildman–Crippen MR) is 65.9 cm³/mol. The molecule has 1 unspecified atom stereocenters. The van der Waals surface area contributed by atoms with Gasteiger partial charge in [0.15, 0.2) is 0 Å². The first kappa shape index (κ1) is 12.1. The molecule has 1 aromatic heterocycles. The molecule has 1 fully saturated rings. The predicted octanol–water partition coefficient (Wildman–Crippen LogP) is 0.600. The maximum absolute atomic E-state index is 11.9.